The Kier molecular flexibility index (Phi) is 11.7. The molecule has 0 bridgehead atoms. The summed E-state index contributed by atoms with van der Waals surface area (Å²) in [6, 6.07) is 12.2. The fraction of sp³-hybridized carbons (Fsp3) is 0.333. The van der Waals surface area contributed by atoms with Gasteiger partial charge >= 0.3 is 0 Å². The lowest BCUT2D eigenvalue weighted by molar-refractivity contribution is -0.139. The number of anilines is 1. The molecular weight excluding hydrogens is 620 g/mol. The minimum absolute atomic E-state index is 0.0331. The summed E-state index contributed by atoms with van der Waals surface area (Å²) in [5, 5.41) is 3.52. The van der Waals surface area contributed by atoms with Gasteiger partial charge in [-0.05, 0) is 74.4 Å². The van der Waals surface area contributed by atoms with Crippen LogP contribution in [0.2, 0.25) is 10.0 Å². The van der Waals surface area contributed by atoms with Crippen LogP contribution in [0.25, 0.3) is 0 Å². The summed E-state index contributed by atoms with van der Waals surface area (Å²) in [6.07, 6.45) is 0.664. The third-order valence-electron chi connectivity index (χ3n) is 6.86. The van der Waals surface area contributed by atoms with Gasteiger partial charge in [-0.2, -0.15) is 0 Å². The predicted molar refractivity (Wildman–Crippen MR) is 165 cm³/mol. The molecule has 0 aliphatic rings. The van der Waals surface area contributed by atoms with Crippen LogP contribution in [0.4, 0.5) is 10.1 Å². The van der Waals surface area contributed by atoms with Crippen LogP contribution in [0.3, 0.4) is 0 Å². The SMILES string of the molecule is CCC(C)NC(=O)C(C)N(Cc1ccc(Cl)cc1Cl)C(=O)CN(c1ccc(F)cc1)S(=O)(=O)c1ccc(OC)c(OC)c1. The quantitative estimate of drug-likeness (QED) is 0.255. The summed E-state index contributed by atoms with van der Waals surface area (Å²) in [4.78, 5) is 28.2. The molecule has 13 heteroatoms. The maximum Gasteiger partial charge on any atom is 0.264 e. The number of nitrogens with zero attached hydrogens (tertiary/aromatic N) is 2. The molecule has 0 saturated heterocycles. The summed E-state index contributed by atoms with van der Waals surface area (Å²) in [7, 11) is -1.65. The number of sulfonamides is 1. The molecule has 3 aromatic carbocycles. The number of rotatable bonds is 13. The number of amides is 2. The number of ether oxygens (including phenoxy) is 2. The highest BCUT2D eigenvalue weighted by molar-refractivity contribution is 7.92. The molecule has 9 nitrogen and oxygen atoms in total. The molecule has 0 spiro atoms. The molecule has 0 radical (unpaired) electrons. The van der Waals surface area contributed by atoms with Crippen LogP contribution < -0.4 is 19.1 Å². The van der Waals surface area contributed by atoms with Crippen LogP contribution >= 0.6 is 23.2 Å². The molecule has 232 valence electrons. The maximum atomic E-state index is 14.0. The molecule has 43 heavy (non-hydrogen) atoms. The Morgan fingerprint density at radius 1 is 0.953 bits per heavy atom. The van der Waals surface area contributed by atoms with Crippen LogP contribution in [0.15, 0.2) is 65.6 Å². The Labute approximate surface area is 261 Å². The highest BCUT2D eigenvalue weighted by Gasteiger charge is 2.33. The van der Waals surface area contributed by atoms with E-state index in [0.717, 1.165) is 16.4 Å². The number of carbonyl (C=O) groups excluding carboxylic acids is 2. The average Bonchev–Trinajstić information content (AvgIpc) is 2.98. The van der Waals surface area contributed by atoms with Crippen molar-refractivity contribution in [2.75, 3.05) is 25.1 Å². The van der Waals surface area contributed by atoms with Crippen LogP contribution in [0, 0.1) is 5.82 Å². The molecule has 3 rings (SSSR count). The number of nitrogens with one attached hydrogen (secondary N) is 1. The van der Waals surface area contributed by atoms with Crippen molar-refractivity contribution < 1.29 is 31.9 Å². The number of hydrogen-bond acceptors (Lipinski definition) is 6. The topological polar surface area (TPSA) is 105 Å². The van der Waals surface area contributed by atoms with Crippen molar-refractivity contribution in [3.8, 4) is 11.5 Å². The Bertz CT molecular complexity index is 1560. The minimum Gasteiger partial charge on any atom is -0.493 e. The zero-order chi connectivity index (χ0) is 31.9. The first kappa shape index (κ1) is 34.0. The zero-order valence-electron chi connectivity index (χ0n) is 24.4. The largest absolute Gasteiger partial charge is 0.493 e. The van der Waals surface area contributed by atoms with Crippen molar-refractivity contribution in [3.63, 3.8) is 0 Å². The molecule has 0 saturated carbocycles. The lowest BCUT2D eigenvalue weighted by atomic mass is 10.1. The predicted octanol–water partition coefficient (Wildman–Crippen LogP) is 5.68. The number of halogens is 3. The van der Waals surface area contributed by atoms with Gasteiger partial charge in [0.25, 0.3) is 10.0 Å². The Hall–Kier alpha value is -3.54. The van der Waals surface area contributed by atoms with Crippen molar-refractivity contribution >= 4 is 50.7 Å². The summed E-state index contributed by atoms with van der Waals surface area (Å²) in [5.74, 6) is -1.26. The fourth-order valence-corrected chi connectivity index (χ4v) is 6.02. The molecule has 3 aromatic rings. The van der Waals surface area contributed by atoms with Crippen LogP contribution in [-0.4, -0.2) is 58.0 Å². The normalized spacial score (nSPS) is 12.7. The molecule has 1 N–H and O–H groups in total. The van der Waals surface area contributed by atoms with Crippen molar-refractivity contribution in [1.29, 1.82) is 0 Å². The summed E-state index contributed by atoms with van der Waals surface area (Å²) < 4.78 is 53.3. The van der Waals surface area contributed by atoms with Gasteiger partial charge in [0.15, 0.2) is 11.5 Å². The summed E-state index contributed by atoms with van der Waals surface area (Å²) in [6.45, 7) is 4.46. The fourth-order valence-electron chi connectivity index (χ4n) is 4.12. The Balaban J connectivity index is 2.08. The molecule has 0 aliphatic carbocycles. The van der Waals surface area contributed by atoms with E-state index in [2.05, 4.69) is 5.32 Å². The van der Waals surface area contributed by atoms with E-state index in [1.165, 1.54) is 55.5 Å². The molecule has 0 fully saturated rings. The Morgan fingerprint density at radius 2 is 1.60 bits per heavy atom. The van der Waals surface area contributed by atoms with Gasteiger partial charge in [-0.1, -0.05) is 36.2 Å². The van der Waals surface area contributed by atoms with Gasteiger partial charge in [0.1, 0.15) is 18.4 Å². The zero-order valence-corrected chi connectivity index (χ0v) is 26.8. The highest BCUT2D eigenvalue weighted by Crippen LogP contribution is 2.32. The molecule has 0 aliphatic heterocycles. The van der Waals surface area contributed by atoms with Gasteiger partial charge in [0.2, 0.25) is 11.8 Å². The van der Waals surface area contributed by atoms with E-state index in [4.69, 9.17) is 32.7 Å². The van der Waals surface area contributed by atoms with Gasteiger partial charge in [-0.3, -0.25) is 13.9 Å². The second kappa shape index (κ2) is 14.8. The van der Waals surface area contributed by atoms with Gasteiger partial charge in [-0.25, -0.2) is 12.8 Å². The van der Waals surface area contributed by atoms with E-state index in [-0.39, 0.29) is 33.9 Å². The van der Waals surface area contributed by atoms with E-state index in [1.807, 2.05) is 13.8 Å². The van der Waals surface area contributed by atoms with Crippen molar-refractivity contribution in [3.05, 3.63) is 82.1 Å². The highest BCUT2D eigenvalue weighted by atomic mass is 35.5. The first-order chi connectivity index (χ1) is 20.3. The summed E-state index contributed by atoms with van der Waals surface area (Å²) in [5.41, 5.74) is 0.532. The number of methoxy groups -OCH3 is 2. The van der Waals surface area contributed by atoms with E-state index in [0.29, 0.717) is 22.8 Å². The third-order valence-corrected chi connectivity index (χ3v) is 9.22. The molecular formula is C30H34Cl2FN3O6S. The van der Waals surface area contributed by atoms with Gasteiger partial charge in [-0.15, -0.1) is 0 Å². The number of hydrogen-bond donors (Lipinski definition) is 1. The molecule has 2 amide bonds. The standard InChI is InChI=1S/C30H34Cl2FN3O6S/c1-6-19(2)34-30(38)20(3)35(17-21-7-8-22(31)15-26(21)32)29(37)18-36(24-11-9-23(33)10-12-24)43(39,40)25-13-14-27(41-4)28(16-25)42-5/h7-16,19-20H,6,17-18H2,1-5H3,(H,34,38). The first-order valence-electron chi connectivity index (χ1n) is 13.4. The maximum absolute atomic E-state index is 14.0. The third kappa shape index (κ3) is 8.31. The average molecular weight is 655 g/mol. The van der Waals surface area contributed by atoms with Gasteiger partial charge < -0.3 is 19.7 Å². The van der Waals surface area contributed by atoms with Crippen LogP contribution in [0.5, 0.6) is 11.5 Å². The molecule has 0 aromatic heterocycles. The lowest BCUT2D eigenvalue weighted by Gasteiger charge is -2.32. The Morgan fingerprint density at radius 3 is 2.19 bits per heavy atom. The summed E-state index contributed by atoms with van der Waals surface area (Å²) >= 11 is 12.5. The second-order valence-corrected chi connectivity index (χ2v) is 12.5. The number of carbonyl (C=O) groups is 2. The van der Waals surface area contributed by atoms with Gasteiger partial charge in [0, 0.05) is 28.7 Å². The molecule has 0 heterocycles. The molecule has 2 atom stereocenters. The minimum atomic E-state index is -4.42. The second-order valence-electron chi connectivity index (χ2n) is 9.76. The van der Waals surface area contributed by atoms with E-state index in [9.17, 15) is 22.4 Å². The van der Waals surface area contributed by atoms with Crippen molar-refractivity contribution in [2.45, 2.75) is 50.7 Å². The lowest BCUT2D eigenvalue weighted by Crippen LogP contribution is -2.52. The molecule has 2 unspecified atom stereocenters. The van der Waals surface area contributed by atoms with E-state index >= 15 is 0 Å². The monoisotopic (exact) mass is 653 g/mol. The van der Waals surface area contributed by atoms with Crippen LogP contribution in [-0.2, 0) is 26.2 Å². The van der Waals surface area contributed by atoms with Crippen molar-refractivity contribution in [1.82, 2.24) is 10.2 Å². The van der Waals surface area contributed by atoms with E-state index in [1.54, 1.807) is 19.1 Å². The van der Waals surface area contributed by atoms with Crippen LogP contribution in [0.1, 0.15) is 32.8 Å². The first-order valence-corrected chi connectivity index (χ1v) is 15.6. The van der Waals surface area contributed by atoms with Gasteiger partial charge in [0.05, 0.1) is 24.8 Å². The van der Waals surface area contributed by atoms with E-state index < -0.39 is 40.2 Å². The smallest absolute Gasteiger partial charge is 0.264 e. The number of benzene rings is 3. The van der Waals surface area contributed by atoms with Crippen molar-refractivity contribution in [2.24, 2.45) is 0 Å².